The molecule has 2 rings (SSSR count). The van der Waals surface area contributed by atoms with Gasteiger partial charge in [-0.3, -0.25) is 4.79 Å². The molecule has 0 unspecified atom stereocenters. The second kappa shape index (κ2) is 6.43. The number of rotatable bonds is 5. The summed E-state index contributed by atoms with van der Waals surface area (Å²) in [5, 5.41) is 2.87. The molecule has 1 aromatic rings. The summed E-state index contributed by atoms with van der Waals surface area (Å²) in [6, 6.07) is 5.54. The minimum Gasteiger partial charge on any atom is -0.497 e. The topological polar surface area (TPSA) is 56.8 Å². The number of ether oxygens (including phenoxy) is 3. The van der Waals surface area contributed by atoms with E-state index in [1.165, 1.54) is 0 Å². The third-order valence-corrected chi connectivity index (χ3v) is 3.10. The fourth-order valence-electron chi connectivity index (χ4n) is 2.06. The van der Waals surface area contributed by atoms with E-state index >= 15 is 0 Å². The van der Waals surface area contributed by atoms with Crippen LogP contribution in [0.25, 0.3) is 0 Å². The lowest BCUT2D eigenvalue weighted by molar-refractivity contribution is -0.130. The van der Waals surface area contributed by atoms with Gasteiger partial charge >= 0.3 is 0 Å². The molecule has 1 heterocycles. The lowest BCUT2D eigenvalue weighted by Gasteiger charge is -2.12. The van der Waals surface area contributed by atoms with Crippen LogP contribution in [0.4, 0.5) is 0 Å². The molecule has 0 aromatic heterocycles. The van der Waals surface area contributed by atoms with Crippen molar-refractivity contribution in [2.45, 2.75) is 25.5 Å². The van der Waals surface area contributed by atoms with Gasteiger partial charge in [0, 0.05) is 19.2 Å². The molecule has 0 saturated carbocycles. The Hall–Kier alpha value is -1.75. The van der Waals surface area contributed by atoms with Crippen molar-refractivity contribution < 1.29 is 19.0 Å². The Labute approximate surface area is 112 Å². The third-order valence-electron chi connectivity index (χ3n) is 3.10. The summed E-state index contributed by atoms with van der Waals surface area (Å²) in [4.78, 5) is 11.8. The smallest absolute Gasteiger partial charge is 0.249 e. The highest BCUT2D eigenvalue weighted by atomic mass is 16.5. The molecule has 5 nitrogen and oxygen atoms in total. The van der Waals surface area contributed by atoms with E-state index in [9.17, 15) is 4.79 Å². The summed E-state index contributed by atoms with van der Waals surface area (Å²) >= 11 is 0. The van der Waals surface area contributed by atoms with Gasteiger partial charge in [-0.1, -0.05) is 0 Å². The van der Waals surface area contributed by atoms with Crippen LogP contribution in [0.5, 0.6) is 11.5 Å². The van der Waals surface area contributed by atoms with E-state index < -0.39 is 0 Å². The third kappa shape index (κ3) is 3.61. The first-order valence-electron chi connectivity index (χ1n) is 6.34. The van der Waals surface area contributed by atoms with Crippen LogP contribution in [0.3, 0.4) is 0 Å². The van der Waals surface area contributed by atoms with Crippen LogP contribution in [0.1, 0.15) is 18.4 Å². The second-order valence-electron chi connectivity index (χ2n) is 4.44. The van der Waals surface area contributed by atoms with Crippen LogP contribution >= 0.6 is 0 Å². The van der Waals surface area contributed by atoms with Gasteiger partial charge in [-0.2, -0.15) is 0 Å². The van der Waals surface area contributed by atoms with E-state index in [1.54, 1.807) is 20.3 Å². The number of carbonyl (C=O) groups excluding carboxylic acids is 1. The van der Waals surface area contributed by atoms with Crippen molar-refractivity contribution in [1.29, 1.82) is 0 Å². The molecule has 104 valence electrons. The normalized spacial score (nSPS) is 18.1. The van der Waals surface area contributed by atoms with Crippen LogP contribution in [-0.4, -0.2) is 32.8 Å². The molecule has 1 N–H and O–H groups in total. The zero-order valence-electron chi connectivity index (χ0n) is 11.3. The minimum absolute atomic E-state index is 0.0562. The summed E-state index contributed by atoms with van der Waals surface area (Å²) in [6.07, 6.45) is 1.45. The molecule has 1 amide bonds. The van der Waals surface area contributed by atoms with Crippen LogP contribution in [0.2, 0.25) is 0 Å². The molecule has 0 bridgehead atoms. The van der Waals surface area contributed by atoms with Gasteiger partial charge in [0.25, 0.3) is 0 Å². The Balaban J connectivity index is 1.96. The molecule has 0 spiro atoms. The fourth-order valence-corrected chi connectivity index (χ4v) is 2.06. The molecular formula is C14H19NO4. The molecule has 1 aliphatic heterocycles. The lowest BCUT2D eigenvalue weighted by atomic mass is 10.2. The Morgan fingerprint density at radius 3 is 2.53 bits per heavy atom. The van der Waals surface area contributed by atoms with Crippen molar-refractivity contribution >= 4 is 5.91 Å². The quantitative estimate of drug-likeness (QED) is 0.876. The SMILES string of the molecule is COc1cc(CNC(=O)[C@H]2CCCO2)cc(OC)c1. The largest absolute Gasteiger partial charge is 0.497 e. The predicted octanol–water partition coefficient (Wildman–Crippen LogP) is 1.50. The summed E-state index contributed by atoms with van der Waals surface area (Å²) in [5.41, 5.74) is 0.933. The first-order chi connectivity index (χ1) is 9.22. The van der Waals surface area contributed by atoms with Crippen molar-refractivity contribution in [3.63, 3.8) is 0 Å². The number of hydrogen-bond acceptors (Lipinski definition) is 4. The van der Waals surface area contributed by atoms with Gasteiger partial charge in [-0.05, 0) is 30.5 Å². The van der Waals surface area contributed by atoms with Crippen LogP contribution in [0.15, 0.2) is 18.2 Å². The molecule has 1 fully saturated rings. The molecule has 0 radical (unpaired) electrons. The highest BCUT2D eigenvalue weighted by Crippen LogP contribution is 2.22. The van der Waals surface area contributed by atoms with Crippen molar-refractivity contribution in [3.05, 3.63) is 23.8 Å². The fraction of sp³-hybridized carbons (Fsp3) is 0.500. The van der Waals surface area contributed by atoms with E-state index in [0.29, 0.717) is 24.7 Å². The highest BCUT2D eigenvalue weighted by molar-refractivity contribution is 5.80. The molecule has 1 saturated heterocycles. The monoisotopic (exact) mass is 265 g/mol. The molecule has 1 atom stereocenters. The zero-order valence-corrected chi connectivity index (χ0v) is 11.3. The maximum absolute atomic E-state index is 11.8. The summed E-state index contributed by atoms with van der Waals surface area (Å²) in [7, 11) is 3.20. The maximum atomic E-state index is 11.8. The molecular weight excluding hydrogens is 246 g/mol. The summed E-state index contributed by atoms with van der Waals surface area (Å²) < 4.78 is 15.7. The second-order valence-corrected chi connectivity index (χ2v) is 4.44. The van der Waals surface area contributed by atoms with Crippen molar-refractivity contribution in [2.75, 3.05) is 20.8 Å². The van der Waals surface area contributed by atoms with Gasteiger partial charge < -0.3 is 19.5 Å². The van der Waals surface area contributed by atoms with Crippen LogP contribution < -0.4 is 14.8 Å². The highest BCUT2D eigenvalue weighted by Gasteiger charge is 2.23. The number of hydrogen-bond donors (Lipinski definition) is 1. The van der Waals surface area contributed by atoms with Crippen LogP contribution in [-0.2, 0) is 16.1 Å². The molecule has 5 heteroatoms. The number of nitrogens with one attached hydrogen (secondary N) is 1. The van der Waals surface area contributed by atoms with Gasteiger partial charge in [0.05, 0.1) is 14.2 Å². The predicted molar refractivity (Wildman–Crippen MR) is 70.4 cm³/mol. The van der Waals surface area contributed by atoms with Crippen molar-refractivity contribution in [3.8, 4) is 11.5 Å². The number of methoxy groups -OCH3 is 2. The molecule has 1 aromatic carbocycles. The van der Waals surface area contributed by atoms with E-state index in [-0.39, 0.29) is 12.0 Å². The van der Waals surface area contributed by atoms with Gasteiger partial charge in [-0.15, -0.1) is 0 Å². The van der Waals surface area contributed by atoms with E-state index in [1.807, 2.05) is 12.1 Å². The Morgan fingerprint density at radius 1 is 1.32 bits per heavy atom. The Morgan fingerprint density at radius 2 is 2.00 bits per heavy atom. The van der Waals surface area contributed by atoms with Crippen molar-refractivity contribution in [2.24, 2.45) is 0 Å². The molecule has 19 heavy (non-hydrogen) atoms. The van der Waals surface area contributed by atoms with Gasteiger partial charge in [-0.25, -0.2) is 0 Å². The molecule has 1 aliphatic rings. The Bertz CT molecular complexity index is 419. The van der Waals surface area contributed by atoms with Gasteiger partial charge in [0.1, 0.15) is 17.6 Å². The Kier molecular flexibility index (Phi) is 4.63. The van der Waals surface area contributed by atoms with Gasteiger partial charge in [0.15, 0.2) is 0 Å². The number of carbonyl (C=O) groups is 1. The summed E-state index contributed by atoms with van der Waals surface area (Å²) in [5.74, 6) is 1.36. The van der Waals surface area contributed by atoms with E-state index in [0.717, 1.165) is 18.4 Å². The number of amides is 1. The first kappa shape index (κ1) is 13.7. The number of benzene rings is 1. The van der Waals surface area contributed by atoms with Crippen LogP contribution in [0, 0.1) is 0 Å². The maximum Gasteiger partial charge on any atom is 0.249 e. The van der Waals surface area contributed by atoms with Gasteiger partial charge in [0.2, 0.25) is 5.91 Å². The van der Waals surface area contributed by atoms with E-state index in [2.05, 4.69) is 5.32 Å². The average molecular weight is 265 g/mol. The average Bonchev–Trinajstić information content (AvgIpc) is 2.98. The lowest BCUT2D eigenvalue weighted by Crippen LogP contribution is -2.33. The van der Waals surface area contributed by atoms with Crippen molar-refractivity contribution in [1.82, 2.24) is 5.32 Å². The standard InChI is InChI=1S/C14H19NO4/c1-17-11-6-10(7-12(8-11)18-2)9-15-14(16)13-4-3-5-19-13/h6-8,13H,3-5,9H2,1-2H3,(H,15,16)/t13-/m1/s1. The van der Waals surface area contributed by atoms with E-state index in [4.69, 9.17) is 14.2 Å². The zero-order chi connectivity index (χ0) is 13.7. The minimum atomic E-state index is -0.299. The first-order valence-corrected chi connectivity index (χ1v) is 6.34. The summed E-state index contributed by atoms with van der Waals surface area (Å²) in [6.45, 7) is 1.11. The molecule has 0 aliphatic carbocycles.